The number of nitrogens with zero attached hydrogens (tertiary/aromatic N) is 1. The zero-order valence-corrected chi connectivity index (χ0v) is 15.9. The molecule has 0 aromatic heterocycles. The molecule has 1 N–H and O–H groups in total. The van der Waals surface area contributed by atoms with Crippen LogP contribution in [-0.4, -0.2) is 18.2 Å². The van der Waals surface area contributed by atoms with Gasteiger partial charge in [0.05, 0.1) is 5.71 Å². The van der Waals surface area contributed by atoms with Gasteiger partial charge in [-0.1, -0.05) is 56.2 Å². The van der Waals surface area contributed by atoms with E-state index in [1.54, 1.807) is 0 Å². The lowest BCUT2D eigenvalue weighted by atomic mass is 10.0. The number of carbonyl (C=O) groups is 1. The maximum atomic E-state index is 12.1. The van der Waals surface area contributed by atoms with Gasteiger partial charge in [0, 0.05) is 0 Å². The molecule has 0 fully saturated rings. The highest BCUT2D eigenvalue weighted by Crippen LogP contribution is 2.16. The molecule has 0 saturated heterocycles. The van der Waals surface area contributed by atoms with Gasteiger partial charge >= 0.3 is 0 Å². The molecule has 0 bridgehead atoms. The summed E-state index contributed by atoms with van der Waals surface area (Å²) >= 11 is 0. The molecule has 138 valence electrons. The molecule has 0 heterocycles. The number of unbranched alkanes of at least 4 members (excludes halogenated alkanes) is 2. The number of carbonyl (C=O) groups excluding carboxylic acids is 1. The van der Waals surface area contributed by atoms with Crippen molar-refractivity contribution in [3.05, 3.63) is 65.2 Å². The Morgan fingerprint density at radius 2 is 1.73 bits per heavy atom. The van der Waals surface area contributed by atoms with E-state index in [0.717, 1.165) is 48.1 Å². The van der Waals surface area contributed by atoms with Crippen LogP contribution in [0.4, 0.5) is 0 Å². The van der Waals surface area contributed by atoms with E-state index >= 15 is 0 Å². The second-order valence-electron chi connectivity index (χ2n) is 6.53. The van der Waals surface area contributed by atoms with Gasteiger partial charge < -0.3 is 4.74 Å². The van der Waals surface area contributed by atoms with Crippen molar-refractivity contribution in [1.82, 2.24) is 5.43 Å². The molecule has 2 rings (SSSR count). The minimum atomic E-state index is -0.256. The molecule has 0 aliphatic heterocycles. The van der Waals surface area contributed by atoms with Crippen LogP contribution in [0.25, 0.3) is 0 Å². The molecule has 2 aromatic carbocycles. The average Bonchev–Trinajstić information content (AvgIpc) is 2.63. The summed E-state index contributed by atoms with van der Waals surface area (Å²) in [5.41, 5.74) is 6.80. The molecule has 2 aromatic rings. The third kappa shape index (κ3) is 6.71. The van der Waals surface area contributed by atoms with Gasteiger partial charge in [0.1, 0.15) is 5.75 Å². The SMILES string of the molecule is CCCCCC(=NNC(=O)COc1cc(C)cc(C)c1)c1ccccc1. The van der Waals surface area contributed by atoms with Crippen LogP contribution >= 0.6 is 0 Å². The number of hydrogen-bond donors (Lipinski definition) is 1. The van der Waals surface area contributed by atoms with Crippen molar-refractivity contribution in [3.63, 3.8) is 0 Å². The lowest BCUT2D eigenvalue weighted by molar-refractivity contribution is -0.123. The smallest absolute Gasteiger partial charge is 0.277 e. The molecule has 0 spiro atoms. The molecule has 4 nitrogen and oxygen atoms in total. The second kappa shape index (κ2) is 10.4. The lowest BCUT2D eigenvalue weighted by Crippen LogP contribution is -2.26. The first-order valence-electron chi connectivity index (χ1n) is 9.20. The Hall–Kier alpha value is -2.62. The monoisotopic (exact) mass is 352 g/mol. The van der Waals surface area contributed by atoms with Crippen LogP contribution in [0.15, 0.2) is 53.6 Å². The van der Waals surface area contributed by atoms with Gasteiger partial charge in [0.25, 0.3) is 5.91 Å². The minimum Gasteiger partial charge on any atom is -0.484 e. The molecular weight excluding hydrogens is 324 g/mol. The topological polar surface area (TPSA) is 50.7 Å². The number of ether oxygens (including phenoxy) is 1. The predicted octanol–water partition coefficient (Wildman–Crippen LogP) is 4.78. The molecule has 1 amide bonds. The molecule has 0 unspecified atom stereocenters. The van der Waals surface area contributed by atoms with E-state index in [-0.39, 0.29) is 12.5 Å². The first-order chi connectivity index (χ1) is 12.6. The zero-order valence-electron chi connectivity index (χ0n) is 15.9. The summed E-state index contributed by atoms with van der Waals surface area (Å²) in [6, 6.07) is 15.9. The maximum absolute atomic E-state index is 12.1. The van der Waals surface area contributed by atoms with E-state index in [1.165, 1.54) is 0 Å². The van der Waals surface area contributed by atoms with Crippen molar-refractivity contribution >= 4 is 11.6 Å². The Labute approximate surface area is 156 Å². The van der Waals surface area contributed by atoms with Gasteiger partial charge in [0.15, 0.2) is 6.61 Å². The average molecular weight is 352 g/mol. The summed E-state index contributed by atoms with van der Waals surface area (Å²) < 4.78 is 5.58. The highest BCUT2D eigenvalue weighted by atomic mass is 16.5. The fourth-order valence-corrected chi connectivity index (χ4v) is 2.76. The molecule has 0 aliphatic rings. The van der Waals surface area contributed by atoms with E-state index in [4.69, 9.17) is 4.74 Å². The molecular formula is C22H28N2O2. The van der Waals surface area contributed by atoms with Crippen molar-refractivity contribution in [2.75, 3.05) is 6.61 Å². The molecule has 0 atom stereocenters. The van der Waals surface area contributed by atoms with Crippen molar-refractivity contribution in [2.45, 2.75) is 46.5 Å². The van der Waals surface area contributed by atoms with Crippen molar-refractivity contribution in [2.24, 2.45) is 5.10 Å². The van der Waals surface area contributed by atoms with Gasteiger partial charge in [-0.05, 0) is 55.5 Å². The van der Waals surface area contributed by atoms with Crippen LogP contribution in [0.5, 0.6) is 5.75 Å². The number of nitrogens with one attached hydrogen (secondary N) is 1. The fraction of sp³-hybridized carbons (Fsp3) is 0.364. The predicted molar refractivity (Wildman–Crippen MR) is 107 cm³/mol. The van der Waals surface area contributed by atoms with Gasteiger partial charge in [-0.2, -0.15) is 5.10 Å². The molecule has 0 aliphatic carbocycles. The van der Waals surface area contributed by atoms with E-state index in [2.05, 4.69) is 23.5 Å². The zero-order chi connectivity index (χ0) is 18.8. The Morgan fingerprint density at radius 3 is 2.38 bits per heavy atom. The standard InChI is InChI=1S/C22H28N2O2/c1-4-5-7-12-21(19-10-8-6-9-11-19)23-24-22(25)16-26-20-14-17(2)13-18(3)15-20/h6,8-11,13-15H,4-5,7,12,16H2,1-3H3,(H,24,25). The van der Waals surface area contributed by atoms with E-state index < -0.39 is 0 Å². The first-order valence-corrected chi connectivity index (χ1v) is 9.20. The van der Waals surface area contributed by atoms with Crippen LogP contribution in [-0.2, 0) is 4.79 Å². The molecule has 4 heteroatoms. The molecule has 0 radical (unpaired) electrons. The number of hydrazone groups is 1. The van der Waals surface area contributed by atoms with Crippen LogP contribution in [0, 0.1) is 13.8 Å². The Balaban J connectivity index is 1.95. The first kappa shape index (κ1) is 19.7. The number of amides is 1. The van der Waals surface area contributed by atoms with E-state index in [9.17, 15) is 4.79 Å². The molecule has 0 saturated carbocycles. The third-order valence-electron chi connectivity index (χ3n) is 4.00. The Morgan fingerprint density at radius 1 is 1.04 bits per heavy atom. The normalized spacial score (nSPS) is 11.3. The van der Waals surface area contributed by atoms with Crippen LogP contribution in [0.2, 0.25) is 0 Å². The lowest BCUT2D eigenvalue weighted by Gasteiger charge is -2.09. The van der Waals surface area contributed by atoms with E-state index in [0.29, 0.717) is 5.75 Å². The van der Waals surface area contributed by atoms with Crippen molar-refractivity contribution in [1.29, 1.82) is 0 Å². The summed E-state index contributed by atoms with van der Waals surface area (Å²) in [6.07, 6.45) is 4.20. The quantitative estimate of drug-likeness (QED) is 0.401. The van der Waals surface area contributed by atoms with Crippen LogP contribution in [0.1, 0.15) is 49.3 Å². The summed E-state index contributed by atoms with van der Waals surface area (Å²) in [6.45, 7) is 6.13. The highest BCUT2D eigenvalue weighted by molar-refractivity contribution is 6.01. The number of rotatable bonds is 9. The largest absolute Gasteiger partial charge is 0.484 e. The molecule has 26 heavy (non-hydrogen) atoms. The van der Waals surface area contributed by atoms with Crippen molar-refractivity contribution in [3.8, 4) is 5.75 Å². The number of benzene rings is 2. The highest BCUT2D eigenvalue weighted by Gasteiger charge is 2.06. The Bertz CT molecular complexity index is 719. The summed E-state index contributed by atoms with van der Waals surface area (Å²) in [5.74, 6) is 0.445. The van der Waals surface area contributed by atoms with Gasteiger partial charge in [-0.15, -0.1) is 0 Å². The van der Waals surface area contributed by atoms with Crippen LogP contribution < -0.4 is 10.2 Å². The number of aryl methyl sites for hydroxylation is 2. The summed E-state index contributed by atoms with van der Waals surface area (Å²) in [4.78, 5) is 12.1. The van der Waals surface area contributed by atoms with Crippen molar-refractivity contribution < 1.29 is 9.53 Å². The second-order valence-corrected chi connectivity index (χ2v) is 6.53. The summed E-state index contributed by atoms with van der Waals surface area (Å²) in [5, 5.41) is 4.35. The summed E-state index contributed by atoms with van der Waals surface area (Å²) in [7, 11) is 0. The Kier molecular flexibility index (Phi) is 7.87. The van der Waals surface area contributed by atoms with Crippen LogP contribution in [0.3, 0.4) is 0 Å². The maximum Gasteiger partial charge on any atom is 0.277 e. The van der Waals surface area contributed by atoms with Gasteiger partial charge in [-0.25, -0.2) is 5.43 Å². The third-order valence-corrected chi connectivity index (χ3v) is 4.00. The van der Waals surface area contributed by atoms with E-state index in [1.807, 2.05) is 56.3 Å². The fourth-order valence-electron chi connectivity index (χ4n) is 2.76. The minimum absolute atomic E-state index is 0.0522. The number of hydrogen-bond acceptors (Lipinski definition) is 3. The van der Waals surface area contributed by atoms with Gasteiger partial charge in [0.2, 0.25) is 0 Å². The van der Waals surface area contributed by atoms with Gasteiger partial charge in [-0.3, -0.25) is 4.79 Å².